The number of aryl methyl sites for hydroxylation is 1. The molecular weight excluding hydrogens is 372 g/mol. The number of thioether (sulfide) groups is 1. The quantitative estimate of drug-likeness (QED) is 0.361. The second kappa shape index (κ2) is 7.20. The van der Waals surface area contributed by atoms with E-state index in [1.807, 2.05) is 11.3 Å². The molecule has 0 fully saturated rings. The molecule has 0 N–H and O–H groups in total. The zero-order valence-electron chi connectivity index (χ0n) is 14.3. The number of thiophene rings is 1. The molecule has 1 aliphatic rings. The highest BCUT2D eigenvalue weighted by Gasteiger charge is 2.22. The molecule has 0 bridgehead atoms. The van der Waals surface area contributed by atoms with Gasteiger partial charge < -0.3 is 4.57 Å². The van der Waals surface area contributed by atoms with Crippen molar-refractivity contribution in [3.63, 3.8) is 0 Å². The zero-order valence-corrected chi connectivity index (χ0v) is 15.9. The first kappa shape index (κ1) is 17.2. The number of rotatable bonds is 6. The first-order valence-electron chi connectivity index (χ1n) is 8.49. The van der Waals surface area contributed by atoms with Crippen LogP contribution >= 0.6 is 23.1 Å². The second-order valence-electron chi connectivity index (χ2n) is 6.08. The largest absolute Gasteiger partial charge is 0.307 e. The lowest BCUT2D eigenvalue weighted by atomic mass is 9.96. The Morgan fingerprint density at radius 2 is 2.19 bits per heavy atom. The van der Waals surface area contributed by atoms with E-state index in [0.29, 0.717) is 5.88 Å². The Kier molecular flexibility index (Phi) is 4.77. The van der Waals surface area contributed by atoms with Crippen molar-refractivity contribution < 1.29 is 4.92 Å². The summed E-state index contributed by atoms with van der Waals surface area (Å²) in [5.41, 5.74) is 2.64. The van der Waals surface area contributed by atoms with Gasteiger partial charge in [0.15, 0.2) is 11.0 Å². The molecule has 0 atom stereocenters. The highest BCUT2D eigenvalue weighted by molar-refractivity contribution is 7.98. The first-order chi connectivity index (χ1) is 12.7. The Morgan fingerprint density at radius 1 is 1.35 bits per heavy atom. The summed E-state index contributed by atoms with van der Waals surface area (Å²) < 4.78 is 3.66. The monoisotopic (exact) mass is 390 g/mol. The van der Waals surface area contributed by atoms with E-state index in [1.54, 1.807) is 4.68 Å². The maximum atomic E-state index is 10.8. The van der Waals surface area contributed by atoms with Crippen LogP contribution in [0.4, 0.5) is 5.69 Å². The Labute approximate surface area is 158 Å². The van der Waals surface area contributed by atoms with E-state index in [0.717, 1.165) is 23.9 Å². The summed E-state index contributed by atoms with van der Waals surface area (Å²) in [6.45, 7) is 2.85. The summed E-state index contributed by atoms with van der Waals surface area (Å²) >= 11 is 3.30. The fourth-order valence-corrected chi connectivity index (χ4v) is 5.19. The summed E-state index contributed by atoms with van der Waals surface area (Å²) in [5.74, 6) is 1.37. The van der Waals surface area contributed by atoms with Crippen LogP contribution in [0.3, 0.4) is 0 Å². The van der Waals surface area contributed by atoms with Crippen molar-refractivity contribution in [3.8, 4) is 11.4 Å². The van der Waals surface area contributed by atoms with Crippen LogP contribution in [0, 0.1) is 10.1 Å². The molecule has 136 valence electrons. The van der Waals surface area contributed by atoms with Gasteiger partial charge in [0.1, 0.15) is 12.4 Å². The third-order valence-corrected chi connectivity index (χ3v) is 6.53. The van der Waals surface area contributed by atoms with Crippen molar-refractivity contribution >= 4 is 28.8 Å². The summed E-state index contributed by atoms with van der Waals surface area (Å²) in [4.78, 5) is 11.8. The fraction of sp³-hybridized carbons (Fsp3) is 0.438. The molecule has 26 heavy (non-hydrogen) atoms. The second-order valence-corrected chi connectivity index (χ2v) is 7.95. The normalized spacial score (nSPS) is 13.7. The minimum atomic E-state index is -0.444. The van der Waals surface area contributed by atoms with Crippen LogP contribution in [0.15, 0.2) is 22.9 Å². The standard InChI is InChI=1S/C16H18N6O2S2/c1-2-21-15(13-9-25-14-6-4-3-5-12(13)14)18-19-16(21)26-10-20-8-11(7-17-20)22(23)24/h7-9H,2-6,10H2,1H3. The Morgan fingerprint density at radius 3 is 2.96 bits per heavy atom. The lowest BCUT2D eigenvalue weighted by Crippen LogP contribution is -2.04. The number of fused-ring (bicyclic) bond motifs is 1. The van der Waals surface area contributed by atoms with Crippen molar-refractivity contribution in [2.45, 2.75) is 50.2 Å². The molecular formula is C16H18N6O2S2. The molecule has 1 aliphatic carbocycles. The molecule has 0 saturated heterocycles. The van der Waals surface area contributed by atoms with Gasteiger partial charge in [-0.3, -0.25) is 14.8 Å². The molecule has 3 aromatic rings. The van der Waals surface area contributed by atoms with Gasteiger partial charge in [-0.2, -0.15) is 5.10 Å². The van der Waals surface area contributed by atoms with Gasteiger partial charge in [-0.1, -0.05) is 11.8 Å². The zero-order chi connectivity index (χ0) is 18.1. The Bertz CT molecular complexity index is 945. The molecule has 0 aliphatic heterocycles. The maximum absolute atomic E-state index is 10.8. The summed E-state index contributed by atoms with van der Waals surface area (Å²) in [5, 5.41) is 26.6. The lowest BCUT2D eigenvalue weighted by Gasteiger charge is -2.13. The average molecular weight is 390 g/mol. The smallest absolute Gasteiger partial charge is 0.302 e. The van der Waals surface area contributed by atoms with Gasteiger partial charge in [0.25, 0.3) is 0 Å². The average Bonchev–Trinajstić information content (AvgIpc) is 3.36. The van der Waals surface area contributed by atoms with Gasteiger partial charge in [-0.25, -0.2) is 0 Å². The van der Waals surface area contributed by atoms with Crippen molar-refractivity contribution in [2.24, 2.45) is 0 Å². The summed E-state index contributed by atoms with van der Waals surface area (Å²) in [6, 6.07) is 0. The molecule has 4 rings (SSSR count). The minimum Gasteiger partial charge on any atom is -0.302 e. The summed E-state index contributed by atoms with van der Waals surface area (Å²) in [6.07, 6.45) is 7.47. The van der Waals surface area contributed by atoms with Gasteiger partial charge in [-0.05, 0) is 38.2 Å². The van der Waals surface area contributed by atoms with E-state index >= 15 is 0 Å². The predicted octanol–water partition coefficient (Wildman–Crippen LogP) is 3.76. The lowest BCUT2D eigenvalue weighted by molar-refractivity contribution is -0.385. The van der Waals surface area contributed by atoms with Crippen LogP contribution in [0.25, 0.3) is 11.4 Å². The van der Waals surface area contributed by atoms with Crippen molar-refractivity contribution in [1.82, 2.24) is 24.5 Å². The van der Waals surface area contributed by atoms with E-state index in [9.17, 15) is 10.1 Å². The van der Waals surface area contributed by atoms with Crippen molar-refractivity contribution in [1.29, 1.82) is 0 Å². The van der Waals surface area contributed by atoms with E-state index < -0.39 is 4.92 Å². The molecule has 10 heteroatoms. The van der Waals surface area contributed by atoms with Gasteiger partial charge in [0, 0.05) is 22.4 Å². The van der Waals surface area contributed by atoms with Crippen LogP contribution in [0.5, 0.6) is 0 Å². The van der Waals surface area contributed by atoms with Crippen molar-refractivity contribution in [3.05, 3.63) is 38.3 Å². The van der Waals surface area contributed by atoms with E-state index in [2.05, 4.69) is 32.2 Å². The SMILES string of the molecule is CCn1c(SCn2cc([N+](=O)[O-])cn2)nnc1-c1csc2c1CCCC2. The van der Waals surface area contributed by atoms with Gasteiger partial charge in [0.2, 0.25) is 0 Å². The van der Waals surface area contributed by atoms with E-state index in [-0.39, 0.29) is 5.69 Å². The van der Waals surface area contributed by atoms with Crippen molar-refractivity contribution in [2.75, 3.05) is 0 Å². The number of hydrogen-bond donors (Lipinski definition) is 0. The minimum absolute atomic E-state index is 0.00634. The van der Waals surface area contributed by atoms with Gasteiger partial charge >= 0.3 is 5.69 Å². The summed E-state index contributed by atoms with van der Waals surface area (Å²) in [7, 11) is 0. The van der Waals surface area contributed by atoms with Crippen LogP contribution in [0.2, 0.25) is 0 Å². The van der Waals surface area contributed by atoms with E-state index in [4.69, 9.17) is 0 Å². The molecule has 0 amide bonds. The highest BCUT2D eigenvalue weighted by atomic mass is 32.2. The third-order valence-electron chi connectivity index (χ3n) is 4.49. The molecule has 8 nitrogen and oxygen atoms in total. The highest BCUT2D eigenvalue weighted by Crippen LogP contribution is 2.36. The topological polar surface area (TPSA) is 91.7 Å². The number of nitrogens with zero attached hydrogens (tertiary/aromatic N) is 6. The number of nitro groups is 1. The number of hydrogen-bond acceptors (Lipinski definition) is 7. The predicted molar refractivity (Wildman–Crippen MR) is 100 cm³/mol. The molecule has 3 heterocycles. The molecule has 0 radical (unpaired) electrons. The molecule has 0 spiro atoms. The molecule has 0 saturated carbocycles. The Hall–Kier alpha value is -2.20. The fourth-order valence-electron chi connectivity index (χ4n) is 3.20. The van der Waals surface area contributed by atoms with Gasteiger partial charge in [0.05, 0.1) is 10.8 Å². The van der Waals surface area contributed by atoms with E-state index in [1.165, 1.54) is 59.4 Å². The van der Waals surface area contributed by atoms with Crippen LogP contribution in [-0.2, 0) is 25.3 Å². The molecule has 0 aromatic carbocycles. The third kappa shape index (κ3) is 3.14. The number of aromatic nitrogens is 5. The van der Waals surface area contributed by atoms with Crippen LogP contribution < -0.4 is 0 Å². The van der Waals surface area contributed by atoms with Gasteiger partial charge in [-0.15, -0.1) is 21.5 Å². The Balaban J connectivity index is 1.57. The maximum Gasteiger partial charge on any atom is 0.307 e. The first-order valence-corrected chi connectivity index (χ1v) is 10.4. The van der Waals surface area contributed by atoms with Crippen LogP contribution in [0.1, 0.15) is 30.2 Å². The van der Waals surface area contributed by atoms with Crippen LogP contribution in [-0.4, -0.2) is 29.5 Å². The molecule has 3 aromatic heterocycles. The molecule has 0 unspecified atom stereocenters.